The first-order chi connectivity index (χ1) is 11.7. The quantitative estimate of drug-likeness (QED) is 0.789. The van der Waals surface area contributed by atoms with E-state index in [1.807, 2.05) is 35.2 Å². The molecule has 1 aliphatic carbocycles. The first-order valence-electron chi connectivity index (χ1n) is 8.19. The lowest BCUT2D eigenvalue weighted by Gasteiger charge is -2.23. The zero-order valence-corrected chi connectivity index (χ0v) is 13.5. The molecular formula is C19H21FN2O2. The van der Waals surface area contributed by atoms with E-state index in [0.717, 1.165) is 18.4 Å². The first-order valence-corrected chi connectivity index (χ1v) is 8.19. The minimum Gasteiger partial charge on any atom is -0.492 e. The molecule has 2 amide bonds. The van der Waals surface area contributed by atoms with Crippen molar-refractivity contribution in [3.8, 4) is 5.75 Å². The zero-order valence-electron chi connectivity index (χ0n) is 13.5. The molecule has 3 rings (SSSR count). The van der Waals surface area contributed by atoms with Crippen LogP contribution in [0.2, 0.25) is 0 Å². The average molecular weight is 328 g/mol. The van der Waals surface area contributed by atoms with Crippen LogP contribution >= 0.6 is 0 Å². The van der Waals surface area contributed by atoms with E-state index in [2.05, 4.69) is 5.32 Å². The van der Waals surface area contributed by atoms with Crippen molar-refractivity contribution in [1.82, 2.24) is 10.2 Å². The number of nitrogens with zero attached hydrogens (tertiary/aromatic N) is 1. The van der Waals surface area contributed by atoms with E-state index in [4.69, 9.17) is 4.74 Å². The minimum absolute atomic E-state index is 0.0794. The standard InChI is InChI=1S/C19H21FN2O2/c20-16-7-4-8-18(13-16)24-12-11-21-19(23)22(17-9-10-17)14-15-5-2-1-3-6-15/h1-8,13,17H,9-12,14H2,(H,21,23). The summed E-state index contributed by atoms with van der Waals surface area (Å²) < 4.78 is 18.5. The number of rotatable bonds is 7. The number of hydrogen-bond acceptors (Lipinski definition) is 2. The van der Waals surface area contributed by atoms with E-state index < -0.39 is 0 Å². The van der Waals surface area contributed by atoms with Gasteiger partial charge in [0, 0.05) is 18.7 Å². The number of amides is 2. The lowest BCUT2D eigenvalue weighted by molar-refractivity contribution is 0.189. The van der Waals surface area contributed by atoms with Gasteiger partial charge < -0.3 is 15.0 Å². The van der Waals surface area contributed by atoms with Gasteiger partial charge in [0.05, 0.1) is 6.54 Å². The summed E-state index contributed by atoms with van der Waals surface area (Å²) in [5, 5.41) is 2.88. The maximum Gasteiger partial charge on any atom is 0.318 e. The van der Waals surface area contributed by atoms with Crippen LogP contribution in [0.1, 0.15) is 18.4 Å². The molecular weight excluding hydrogens is 307 g/mol. The Kier molecular flexibility index (Phi) is 5.31. The van der Waals surface area contributed by atoms with E-state index in [1.54, 1.807) is 12.1 Å². The summed E-state index contributed by atoms with van der Waals surface area (Å²) in [6.45, 7) is 1.30. The van der Waals surface area contributed by atoms with Gasteiger partial charge in [0.15, 0.2) is 0 Å². The highest BCUT2D eigenvalue weighted by Gasteiger charge is 2.32. The van der Waals surface area contributed by atoms with Crippen molar-refractivity contribution in [1.29, 1.82) is 0 Å². The molecule has 2 aromatic carbocycles. The second-order valence-electron chi connectivity index (χ2n) is 5.88. The van der Waals surface area contributed by atoms with Crippen LogP contribution < -0.4 is 10.1 Å². The second kappa shape index (κ2) is 7.81. The molecule has 0 saturated heterocycles. The van der Waals surface area contributed by atoms with Crippen LogP contribution in [0.15, 0.2) is 54.6 Å². The summed E-state index contributed by atoms with van der Waals surface area (Å²) in [5.41, 5.74) is 1.12. The van der Waals surface area contributed by atoms with Crippen LogP contribution in [0, 0.1) is 5.82 Å². The maximum atomic E-state index is 13.1. The van der Waals surface area contributed by atoms with E-state index in [1.165, 1.54) is 12.1 Å². The van der Waals surface area contributed by atoms with Gasteiger partial charge in [-0.2, -0.15) is 0 Å². The SMILES string of the molecule is O=C(NCCOc1cccc(F)c1)N(Cc1ccccc1)C1CC1. The average Bonchev–Trinajstić information content (AvgIpc) is 3.42. The summed E-state index contributed by atoms with van der Waals surface area (Å²) in [6.07, 6.45) is 2.11. The molecule has 0 spiro atoms. The molecule has 1 N–H and O–H groups in total. The highest BCUT2D eigenvalue weighted by Crippen LogP contribution is 2.28. The Bertz CT molecular complexity index is 674. The van der Waals surface area contributed by atoms with Gasteiger partial charge in [-0.05, 0) is 30.5 Å². The number of urea groups is 1. The predicted molar refractivity (Wildman–Crippen MR) is 90.3 cm³/mol. The summed E-state index contributed by atoms with van der Waals surface area (Å²) >= 11 is 0. The lowest BCUT2D eigenvalue weighted by atomic mass is 10.2. The van der Waals surface area contributed by atoms with Gasteiger partial charge in [-0.15, -0.1) is 0 Å². The number of hydrogen-bond donors (Lipinski definition) is 1. The van der Waals surface area contributed by atoms with Crippen LogP contribution in [0.5, 0.6) is 5.75 Å². The smallest absolute Gasteiger partial charge is 0.318 e. The molecule has 0 aliphatic heterocycles. The third-order valence-corrected chi connectivity index (χ3v) is 3.89. The van der Waals surface area contributed by atoms with E-state index in [0.29, 0.717) is 31.5 Å². The van der Waals surface area contributed by atoms with Crippen molar-refractivity contribution in [3.05, 3.63) is 66.0 Å². The zero-order chi connectivity index (χ0) is 16.8. The molecule has 5 heteroatoms. The number of halogens is 1. The number of nitrogens with one attached hydrogen (secondary N) is 1. The van der Waals surface area contributed by atoms with Crippen molar-refractivity contribution in [2.75, 3.05) is 13.2 Å². The Hall–Kier alpha value is -2.56. The summed E-state index contributed by atoms with van der Waals surface area (Å²) in [6, 6.07) is 16.2. The third kappa shape index (κ3) is 4.72. The van der Waals surface area contributed by atoms with Crippen LogP contribution in [0.3, 0.4) is 0 Å². The van der Waals surface area contributed by atoms with Gasteiger partial charge in [0.2, 0.25) is 0 Å². The van der Waals surface area contributed by atoms with Crippen molar-refractivity contribution in [2.45, 2.75) is 25.4 Å². The van der Waals surface area contributed by atoms with Crippen LogP contribution in [-0.2, 0) is 6.54 Å². The molecule has 0 heterocycles. The molecule has 0 radical (unpaired) electrons. The summed E-state index contributed by atoms with van der Waals surface area (Å²) in [7, 11) is 0. The number of ether oxygens (including phenoxy) is 1. The fourth-order valence-corrected chi connectivity index (χ4v) is 2.52. The van der Waals surface area contributed by atoms with Crippen LogP contribution in [0.4, 0.5) is 9.18 Å². The summed E-state index contributed by atoms with van der Waals surface area (Å²) in [4.78, 5) is 14.3. The molecule has 24 heavy (non-hydrogen) atoms. The maximum absolute atomic E-state index is 13.1. The fraction of sp³-hybridized carbons (Fsp3) is 0.316. The Morgan fingerprint density at radius 2 is 1.96 bits per heavy atom. The summed E-state index contributed by atoms with van der Waals surface area (Å²) in [5.74, 6) is 0.131. The highest BCUT2D eigenvalue weighted by atomic mass is 19.1. The molecule has 0 bridgehead atoms. The fourth-order valence-electron chi connectivity index (χ4n) is 2.52. The Balaban J connectivity index is 1.46. The predicted octanol–water partition coefficient (Wildman–Crippen LogP) is 3.58. The molecule has 0 atom stereocenters. The molecule has 4 nitrogen and oxygen atoms in total. The lowest BCUT2D eigenvalue weighted by Crippen LogP contribution is -2.42. The van der Waals surface area contributed by atoms with E-state index in [-0.39, 0.29) is 11.8 Å². The van der Waals surface area contributed by atoms with Crippen molar-refractivity contribution >= 4 is 6.03 Å². The third-order valence-electron chi connectivity index (χ3n) is 3.89. The monoisotopic (exact) mass is 328 g/mol. The van der Waals surface area contributed by atoms with Gasteiger partial charge in [0.25, 0.3) is 0 Å². The molecule has 1 aliphatic rings. The molecule has 1 fully saturated rings. The van der Waals surface area contributed by atoms with Crippen molar-refractivity contribution < 1.29 is 13.9 Å². The van der Waals surface area contributed by atoms with Crippen molar-refractivity contribution in [2.24, 2.45) is 0 Å². The largest absolute Gasteiger partial charge is 0.492 e. The molecule has 2 aromatic rings. The van der Waals surface area contributed by atoms with Gasteiger partial charge in [0.1, 0.15) is 18.2 Å². The molecule has 0 unspecified atom stereocenters. The normalized spacial score (nSPS) is 13.4. The Morgan fingerprint density at radius 1 is 1.17 bits per heavy atom. The van der Waals surface area contributed by atoms with E-state index in [9.17, 15) is 9.18 Å². The molecule has 126 valence electrons. The minimum atomic E-state index is -0.334. The van der Waals surface area contributed by atoms with Crippen LogP contribution in [0.25, 0.3) is 0 Å². The number of benzene rings is 2. The Labute approximate surface area is 141 Å². The Morgan fingerprint density at radius 3 is 2.67 bits per heavy atom. The molecule has 1 saturated carbocycles. The van der Waals surface area contributed by atoms with Crippen molar-refractivity contribution in [3.63, 3.8) is 0 Å². The van der Waals surface area contributed by atoms with Gasteiger partial charge in [-0.3, -0.25) is 0 Å². The number of carbonyl (C=O) groups excluding carboxylic acids is 1. The number of carbonyl (C=O) groups is 1. The van der Waals surface area contributed by atoms with Gasteiger partial charge in [-0.25, -0.2) is 9.18 Å². The topological polar surface area (TPSA) is 41.6 Å². The molecule has 0 aromatic heterocycles. The van der Waals surface area contributed by atoms with Crippen LogP contribution in [-0.4, -0.2) is 30.1 Å². The first kappa shape index (κ1) is 16.3. The van der Waals surface area contributed by atoms with E-state index >= 15 is 0 Å². The highest BCUT2D eigenvalue weighted by molar-refractivity contribution is 5.74. The van der Waals surface area contributed by atoms with Gasteiger partial charge in [-0.1, -0.05) is 36.4 Å². The van der Waals surface area contributed by atoms with Gasteiger partial charge >= 0.3 is 6.03 Å². The second-order valence-corrected chi connectivity index (χ2v) is 5.88.